The second-order valence-corrected chi connectivity index (χ2v) is 5.69. The van der Waals surface area contributed by atoms with Crippen LogP contribution in [0.2, 0.25) is 0 Å². The zero-order chi connectivity index (χ0) is 16.0. The monoisotopic (exact) mass is 293 g/mol. The van der Waals surface area contributed by atoms with Crippen LogP contribution in [0.1, 0.15) is 33.3 Å². The lowest BCUT2D eigenvalue weighted by molar-refractivity contribution is -0.142. The summed E-state index contributed by atoms with van der Waals surface area (Å²) in [5, 5.41) is 0. The second-order valence-electron chi connectivity index (χ2n) is 5.69. The van der Waals surface area contributed by atoms with Gasteiger partial charge in [0, 0.05) is 12.7 Å². The molecule has 21 heavy (non-hydrogen) atoms. The Bertz CT molecular complexity index is 505. The highest BCUT2D eigenvalue weighted by molar-refractivity contribution is 5.87. The maximum absolute atomic E-state index is 12.0. The summed E-state index contributed by atoms with van der Waals surface area (Å²) in [4.78, 5) is 24.9. The van der Waals surface area contributed by atoms with Crippen molar-refractivity contribution < 1.29 is 19.1 Å². The third-order valence-corrected chi connectivity index (χ3v) is 2.62. The highest BCUT2D eigenvalue weighted by atomic mass is 16.6. The molecule has 0 saturated heterocycles. The average molecular weight is 293 g/mol. The van der Waals surface area contributed by atoms with Crippen molar-refractivity contribution in [2.45, 2.75) is 39.7 Å². The summed E-state index contributed by atoms with van der Waals surface area (Å²) in [6, 6.07) is 7.19. The van der Waals surface area contributed by atoms with Gasteiger partial charge in [0.15, 0.2) is 0 Å². The van der Waals surface area contributed by atoms with Gasteiger partial charge in [-0.05, 0) is 45.4 Å². The van der Waals surface area contributed by atoms with Gasteiger partial charge >= 0.3 is 12.1 Å². The predicted molar refractivity (Wildman–Crippen MR) is 81.4 cm³/mol. The number of carbonyl (C=O) groups excluding carboxylic acids is 2. The van der Waals surface area contributed by atoms with Crippen LogP contribution < -0.4 is 4.90 Å². The van der Waals surface area contributed by atoms with E-state index in [0.29, 0.717) is 12.3 Å². The van der Waals surface area contributed by atoms with Gasteiger partial charge in [0.05, 0.1) is 13.0 Å². The quantitative estimate of drug-likeness (QED) is 0.800. The molecule has 0 radical (unpaired) electrons. The molecule has 0 aromatic heterocycles. The third-order valence-electron chi connectivity index (χ3n) is 2.62. The number of nitrogens with zero attached hydrogens (tertiary/aromatic N) is 1. The number of rotatable bonds is 4. The minimum absolute atomic E-state index is 0.184. The van der Waals surface area contributed by atoms with Crippen molar-refractivity contribution in [2.24, 2.45) is 0 Å². The van der Waals surface area contributed by atoms with E-state index >= 15 is 0 Å². The molecule has 0 aliphatic rings. The first-order chi connectivity index (χ1) is 9.73. The molecule has 1 aromatic rings. The van der Waals surface area contributed by atoms with Crippen molar-refractivity contribution in [2.75, 3.05) is 18.6 Å². The zero-order valence-electron chi connectivity index (χ0n) is 13.3. The zero-order valence-corrected chi connectivity index (χ0v) is 13.3. The molecule has 0 aliphatic carbocycles. The van der Waals surface area contributed by atoms with Crippen molar-refractivity contribution in [1.82, 2.24) is 0 Å². The SMILES string of the molecule is CCOC(=O)Cc1cccc(N(C)C(=O)OC(C)(C)C)c1. The largest absolute Gasteiger partial charge is 0.466 e. The first-order valence-electron chi connectivity index (χ1n) is 6.94. The molecule has 1 amide bonds. The number of carbonyl (C=O) groups is 2. The molecule has 0 saturated carbocycles. The molecule has 0 aliphatic heterocycles. The first kappa shape index (κ1) is 17.0. The fourth-order valence-corrected chi connectivity index (χ4v) is 1.69. The van der Waals surface area contributed by atoms with E-state index in [1.165, 1.54) is 4.90 Å². The minimum atomic E-state index is -0.548. The molecule has 0 unspecified atom stereocenters. The number of esters is 1. The standard InChI is InChI=1S/C16H23NO4/c1-6-20-14(18)11-12-8-7-9-13(10-12)17(5)15(19)21-16(2,3)4/h7-10H,6,11H2,1-5H3. The van der Waals surface area contributed by atoms with E-state index in [2.05, 4.69) is 0 Å². The first-order valence-corrected chi connectivity index (χ1v) is 6.94. The Morgan fingerprint density at radius 1 is 1.24 bits per heavy atom. The molecular formula is C16H23NO4. The number of benzene rings is 1. The molecule has 116 valence electrons. The Morgan fingerprint density at radius 3 is 2.48 bits per heavy atom. The van der Waals surface area contributed by atoms with Crippen LogP contribution in [-0.2, 0) is 20.7 Å². The van der Waals surface area contributed by atoms with Crippen molar-refractivity contribution >= 4 is 17.7 Å². The topological polar surface area (TPSA) is 55.8 Å². The van der Waals surface area contributed by atoms with E-state index in [-0.39, 0.29) is 12.4 Å². The summed E-state index contributed by atoms with van der Waals surface area (Å²) in [6.07, 6.45) is -0.250. The molecule has 5 nitrogen and oxygen atoms in total. The van der Waals surface area contributed by atoms with Crippen LogP contribution >= 0.6 is 0 Å². The third kappa shape index (κ3) is 5.85. The van der Waals surface area contributed by atoms with E-state index in [4.69, 9.17) is 9.47 Å². The van der Waals surface area contributed by atoms with Crippen LogP contribution in [0.3, 0.4) is 0 Å². The Hall–Kier alpha value is -2.04. The van der Waals surface area contributed by atoms with Gasteiger partial charge in [-0.1, -0.05) is 12.1 Å². The van der Waals surface area contributed by atoms with Crippen LogP contribution in [-0.4, -0.2) is 31.3 Å². The van der Waals surface area contributed by atoms with Gasteiger partial charge < -0.3 is 9.47 Å². The Labute approximate surface area is 125 Å². The molecule has 0 heterocycles. The van der Waals surface area contributed by atoms with Gasteiger partial charge in [-0.15, -0.1) is 0 Å². The van der Waals surface area contributed by atoms with Crippen LogP contribution in [0.15, 0.2) is 24.3 Å². The van der Waals surface area contributed by atoms with Crippen molar-refractivity contribution in [3.63, 3.8) is 0 Å². The predicted octanol–water partition coefficient (Wildman–Crippen LogP) is 3.16. The second kappa shape index (κ2) is 7.11. The van der Waals surface area contributed by atoms with E-state index < -0.39 is 11.7 Å². The Morgan fingerprint density at radius 2 is 1.90 bits per heavy atom. The summed E-state index contributed by atoms with van der Waals surface area (Å²) in [5.41, 5.74) is 0.917. The molecule has 0 spiro atoms. The molecule has 0 fully saturated rings. The van der Waals surface area contributed by atoms with Crippen molar-refractivity contribution in [1.29, 1.82) is 0 Å². The summed E-state index contributed by atoms with van der Waals surface area (Å²) >= 11 is 0. The Kier molecular flexibility index (Phi) is 5.76. The number of ether oxygens (including phenoxy) is 2. The van der Waals surface area contributed by atoms with Gasteiger partial charge in [0.1, 0.15) is 5.60 Å². The number of amides is 1. The van der Waals surface area contributed by atoms with Crippen molar-refractivity contribution in [3.05, 3.63) is 29.8 Å². The molecule has 1 aromatic carbocycles. The lowest BCUT2D eigenvalue weighted by Gasteiger charge is -2.24. The average Bonchev–Trinajstić information content (AvgIpc) is 2.36. The smallest absolute Gasteiger partial charge is 0.414 e. The number of hydrogen-bond acceptors (Lipinski definition) is 4. The lowest BCUT2D eigenvalue weighted by atomic mass is 10.1. The summed E-state index contributed by atoms with van der Waals surface area (Å²) < 4.78 is 10.2. The molecule has 0 atom stereocenters. The van der Waals surface area contributed by atoms with E-state index in [1.54, 1.807) is 32.2 Å². The number of hydrogen-bond donors (Lipinski definition) is 0. The highest BCUT2D eigenvalue weighted by Gasteiger charge is 2.20. The van der Waals surface area contributed by atoms with Crippen LogP contribution in [0.25, 0.3) is 0 Å². The highest BCUT2D eigenvalue weighted by Crippen LogP contribution is 2.18. The van der Waals surface area contributed by atoms with E-state index in [0.717, 1.165) is 5.56 Å². The maximum atomic E-state index is 12.0. The molecule has 5 heteroatoms. The fourth-order valence-electron chi connectivity index (χ4n) is 1.69. The van der Waals surface area contributed by atoms with Gasteiger partial charge in [-0.3, -0.25) is 9.69 Å². The van der Waals surface area contributed by atoms with Crippen LogP contribution in [0, 0.1) is 0 Å². The lowest BCUT2D eigenvalue weighted by Crippen LogP contribution is -2.34. The van der Waals surface area contributed by atoms with Gasteiger partial charge in [0.2, 0.25) is 0 Å². The molecule has 1 rings (SSSR count). The van der Waals surface area contributed by atoms with Crippen LogP contribution in [0.4, 0.5) is 10.5 Å². The van der Waals surface area contributed by atoms with E-state index in [9.17, 15) is 9.59 Å². The van der Waals surface area contributed by atoms with Gasteiger partial charge in [-0.25, -0.2) is 4.79 Å². The molecule has 0 bridgehead atoms. The van der Waals surface area contributed by atoms with Gasteiger partial charge in [0.25, 0.3) is 0 Å². The fraction of sp³-hybridized carbons (Fsp3) is 0.500. The normalized spacial score (nSPS) is 10.9. The van der Waals surface area contributed by atoms with Crippen molar-refractivity contribution in [3.8, 4) is 0 Å². The van der Waals surface area contributed by atoms with Gasteiger partial charge in [-0.2, -0.15) is 0 Å². The molecule has 0 N–H and O–H groups in total. The summed E-state index contributed by atoms with van der Waals surface area (Å²) in [7, 11) is 1.64. The number of anilines is 1. The minimum Gasteiger partial charge on any atom is -0.466 e. The molecular weight excluding hydrogens is 270 g/mol. The summed E-state index contributed by atoms with van der Waals surface area (Å²) in [5.74, 6) is -0.283. The Balaban J connectivity index is 2.79. The van der Waals surface area contributed by atoms with Crippen LogP contribution in [0.5, 0.6) is 0 Å². The summed E-state index contributed by atoms with van der Waals surface area (Å²) in [6.45, 7) is 7.57. The van der Waals surface area contributed by atoms with E-state index in [1.807, 2.05) is 26.8 Å². The maximum Gasteiger partial charge on any atom is 0.414 e.